The Bertz CT molecular complexity index is 724. The maximum absolute atomic E-state index is 12.4. The number of nitrogens with one attached hydrogen (secondary N) is 1. The average molecular weight is 330 g/mol. The van der Waals surface area contributed by atoms with E-state index in [-0.39, 0.29) is 17.2 Å². The Morgan fingerprint density at radius 2 is 2.26 bits per heavy atom. The number of carbonyl (C=O) groups is 1. The van der Waals surface area contributed by atoms with Gasteiger partial charge in [0.2, 0.25) is 11.8 Å². The van der Waals surface area contributed by atoms with E-state index in [0.717, 1.165) is 10.6 Å². The Labute approximate surface area is 140 Å². The molecule has 0 radical (unpaired) electrons. The summed E-state index contributed by atoms with van der Waals surface area (Å²) in [6.07, 6.45) is 3.82. The number of aromatic nitrogens is 1. The molecule has 2 heterocycles. The van der Waals surface area contributed by atoms with Crippen LogP contribution in [0.3, 0.4) is 0 Å². The van der Waals surface area contributed by atoms with Crippen LogP contribution in [0.4, 0.5) is 0 Å². The fourth-order valence-corrected chi connectivity index (χ4v) is 3.69. The van der Waals surface area contributed by atoms with E-state index in [2.05, 4.69) is 44.1 Å². The van der Waals surface area contributed by atoms with E-state index in [1.807, 2.05) is 17.5 Å². The van der Waals surface area contributed by atoms with E-state index in [1.165, 1.54) is 5.57 Å². The van der Waals surface area contributed by atoms with Gasteiger partial charge in [-0.1, -0.05) is 31.6 Å². The van der Waals surface area contributed by atoms with Gasteiger partial charge < -0.3 is 9.73 Å². The molecule has 1 saturated carbocycles. The molecule has 1 aliphatic rings. The minimum Gasteiger partial charge on any atom is -0.443 e. The molecule has 1 amide bonds. The van der Waals surface area contributed by atoms with Crippen LogP contribution in [0.2, 0.25) is 0 Å². The third-order valence-electron chi connectivity index (χ3n) is 4.43. The lowest BCUT2D eigenvalue weighted by Crippen LogP contribution is -2.26. The Kier molecular flexibility index (Phi) is 4.15. The summed E-state index contributed by atoms with van der Waals surface area (Å²) in [4.78, 5) is 17.8. The number of allylic oxidation sites excluding steroid dienone is 2. The fourth-order valence-electron chi connectivity index (χ4n) is 3.04. The molecule has 5 heteroatoms. The van der Waals surface area contributed by atoms with Crippen molar-refractivity contribution in [1.82, 2.24) is 10.3 Å². The molecule has 0 aliphatic heterocycles. The standard InChI is InChI=1S/C18H22N2O2S/c1-11(2)8-13-15(18(13,3)4)16(21)19-9-12-10-22-17(20-12)14-6-5-7-23-14/h5-8,10,13,15H,9H2,1-4H3,(H,19,21)/t13-,15-/m0/s1. The van der Waals surface area contributed by atoms with Crippen molar-refractivity contribution in [3.63, 3.8) is 0 Å². The summed E-state index contributed by atoms with van der Waals surface area (Å²) in [6.45, 7) is 8.84. The maximum atomic E-state index is 12.4. The van der Waals surface area contributed by atoms with Gasteiger partial charge in [-0.05, 0) is 36.6 Å². The molecule has 3 rings (SSSR count). The van der Waals surface area contributed by atoms with Gasteiger partial charge in [0.05, 0.1) is 23.0 Å². The number of carbonyl (C=O) groups excluding carboxylic acids is 1. The number of hydrogen-bond acceptors (Lipinski definition) is 4. The summed E-state index contributed by atoms with van der Waals surface area (Å²) in [6, 6.07) is 3.93. The van der Waals surface area contributed by atoms with Crippen molar-refractivity contribution < 1.29 is 9.21 Å². The van der Waals surface area contributed by atoms with Crippen LogP contribution in [0, 0.1) is 17.3 Å². The lowest BCUT2D eigenvalue weighted by molar-refractivity contribution is -0.123. The van der Waals surface area contributed by atoms with Crippen molar-refractivity contribution in [1.29, 1.82) is 0 Å². The molecule has 0 aromatic carbocycles. The lowest BCUT2D eigenvalue weighted by atomic mass is 10.1. The number of thiophene rings is 1. The highest BCUT2D eigenvalue weighted by atomic mass is 32.1. The van der Waals surface area contributed by atoms with Gasteiger partial charge in [0.15, 0.2) is 0 Å². The highest BCUT2D eigenvalue weighted by Crippen LogP contribution is 2.59. The van der Waals surface area contributed by atoms with Gasteiger partial charge in [-0.3, -0.25) is 4.79 Å². The van der Waals surface area contributed by atoms with Crippen LogP contribution in [-0.2, 0) is 11.3 Å². The van der Waals surface area contributed by atoms with Gasteiger partial charge in [0, 0.05) is 0 Å². The predicted octanol–water partition coefficient (Wildman–Crippen LogP) is 4.26. The highest BCUT2D eigenvalue weighted by molar-refractivity contribution is 7.13. The quantitative estimate of drug-likeness (QED) is 0.834. The molecule has 0 unspecified atom stereocenters. The third kappa shape index (κ3) is 3.24. The number of hydrogen-bond donors (Lipinski definition) is 1. The normalized spacial score (nSPS) is 21.7. The first-order valence-electron chi connectivity index (χ1n) is 7.80. The Morgan fingerprint density at radius 1 is 1.48 bits per heavy atom. The molecular weight excluding hydrogens is 308 g/mol. The number of amides is 1. The number of nitrogens with zero attached hydrogens (tertiary/aromatic N) is 1. The van der Waals surface area contributed by atoms with Gasteiger partial charge in [-0.25, -0.2) is 4.98 Å². The van der Waals surface area contributed by atoms with Gasteiger partial charge >= 0.3 is 0 Å². The van der Waals surface area contributed by atoms with Gasteiger partial charge in [-0.15, -0.1) is 11.3 Å². The van der Waals surface area contributed by atoms with Crippen LogP contribution in [0.25, 0.3) is 10.8 Å². The second kappa shape index (κ2) is 5.96. The summed E-state index contributed by atoms with van der Waals surface area (Å²) < 4.78 is 5.47. The predicted molar refractivity (Wildman–Crippen MR) is 91.9 cm³/mol. The first-order chi connectivity index (χ1) is 10.9. The van der Waals surface area contributed by atoms with E-state index in [9.17, 15) is 4.79 Å². The van der Waals surface area contributed by atoms with Gasteiger partial charge in [-0.2, -0.15) is 0 Å². The Balaban J connectivity index is 1.59. The number of oxazole rings is 1. The zero-order valence-corrected chi connectivity index (χ0v) is 14.7. The first kappa shape index (κ1) is 16.0. The van der Waals surface area contributed by atoms with Crippen molar-refractivity contribution in [3.8, 4) is 10.8 Å². The fraction of sp³-hybridized carbons (Fsp3) is 0.444. The second-order valence-electron chi connectivity index (χ2n) is 6.91. The van der Waals surface area contributed by atoms with Crippen LogP contribution in [0.15, 0.2) is 39.8 Å². The van der Waals surface area contributed by atoms with Gasteiger partial charge in [0.1, 0.15) is 6.26 Å². The van der Waals surface area contributed by atoms with Crippen LogP contribution in [0.5, 0.6) is 0 Å². The van der Waals surface area contributed by atoms with Gasteiger partial charge in [0.25, 0.3) is 0 Å². The molecule has 0 spiro atoms. The zero-order valence-electron chi connectivity index (χ0n) is 13.9. The summed E-state index contributed by atoms with van der Waals surface area (Å²) in [5.41, 5.74) is 2.04. The molecule has 2 atom stereocenters. The van der Waals surface area contributed by atoms with Crippen LogP contribution in [0.1, 0.15) is 33.4 Å². The summed E-state index contributed by atoms with van der Waals surface area (Å²) in [5, 5.41) is 4.98. The molecule has 2 aromatic heterocycles. The second-order valence-corrected chi connectivity index (χ2v) is 7.86. The van der Waals surface area contributed by atoms with Crippen LogP contribution >= 0.6 is 11.3 Å². The van der Waals surface area contributed by atoms with E-state index in [0.29, 0.717) is 18.4 Å². The monoisotopic (exact) mass is 330 g/mol. The van der Waals surface area contributed by atoms with Crippen LogP contribution < -0.4 is 5.32 Å². The third-order valence-corrected chi connectivity index (χ3v) is 5.29. The van der Waals surface area contributed by atoms with E-state index >= 15 is 0 Å². The molecule has 122 valence electrons. The molecule has 1 N–H and O–H groups in total. The maximum Gasteiger partial charge on any atom is 0.236 e. The number of rotatable bonds is 5. The molecule has 23 heavy (non-hydrogen) atoms. The molecule has 1 aliphatic carbocycles. The average Bonchev–Trinajstić information content (AvgIpc) is 2.96. The molecular formula is C18H22N2O2S. The molecule has 4 nitrogen and oxygen atoms in total. The molecule has 1 fully saturated rings. The van der Waals surface area contributed by atoms with Crippen molar-refractivity contribution >= 4 is 17.2 Å². The zero-order chi connectivity index (χ0) is 16.6. The summed E-state index contributed by atoms with van der Waals surface area (Å²) in [5.74, 6) is 1.07. The first-order valence-corrected chi connectivity index (χ1v) is 8.68. The van der Waals surface area contributed by atoms with Crippen LogP contribution in [-0.4, -0.2) is 10.9 Å². The topological polar surface area (TPSA) is 55.1 Å². The highest BCUT2D eigenvalue weighted by Gasteiger charge is 2.60. The Hall–Kier alpha value is -1.88. The lowest BCUT2D eigenvalue weighted by Gasteiger charge is -2.03. The van der Waals surface area contributed by atoms with E-state index in [1.54, 1.807) is 17.6 Å². The SMILES string of the molecule is CC(C)=C[C@H]1[C@@H](C(=O)NCc2coc(-c3cccs3)n2)C1(C)C. The van der Waals surface area contributed by atoms with Crippen molar-refractivity contribution in [2.24, 2.45) is 17.3 Å². The minimum atomic E-state index is 0.0350. The van der Waals surface area contributed by atoms with Crippen molar-refractivity contribution in [2.75, 3.05) is 0 Å². The molecule has 0 saturated heterocycles. The summed E-state index contributed by atoms with van der Waals surface area (Å²) in [7, 11) is 0. The minimum absolute atomic E-state index is 0.0350. The van der Waals surface area contributed by atoms with E-state index < -0.39 is 0 Å². The van der Waals surface area contributed by atoms with Crippen molar-refractivity contribution in [3.05, 3.63) is 41.1 Å². The van der Waals surface area contributed by atoms with E-state index in [4.69, 9.17) is 4.42 Å². The largest absolute Gasteiger partial charge is 0.443 e. The summed E-state index contributed by atoms with van der Waals surface area (Å²) >= 11 is 1.58. The van der Waals surface area contributed by atoms with Crippen molar-refractivity contribution in [2.45, 2.75) is 34.2 Å². The molecule has 0 bridgehead atoms. The molecule has 2 aromatic rings. The Morgan fingerprint density at radius 3 is 2.91 bits per heavy atom. The smallest absolute Gasteiger partial charge is 0.236 e.